The van der Waals surface area contributed by atoms with Crippen LogP contribution in [0.25, 0.3) is 0 Å². The third kappa shape index (κ3) is 3.70. The van der Waals surface area contributed by atoms with Gasteiger partial charge in [-0.25, -0.2) is 0 Å². The summed E-state index contributed by atoms with van der Waals surface area (Å²) < 4.78 is 5.41. The molecule has 1 rings (SSSR count). The molecule has 7 heteroatoms. The first-order valence-corrected chi connectivity index (χ1v) is 5.56. The van der Waals surface area contributed by atoms with Gasteiger partial charge in [-0.1, -0.05) is 5.10 Å². The molecule has 0 unspecified atom stereocenters. The Balaban J connectivity index is 2.68. The van der Waals surface area contributed by atoms with Crippen LogP contribution in [0.4, 0.5) is 6.01 Å². The molecule has 0 saturated carbocycles. The van der Waals surface area contributed by atoms with Crippen molar-refractivity contribution in [2.45, 2.75) is 13.3 Å². The molecule has 0 fully saturated rings. The summed E-state index contributed by atoms with van der Waals surface area (Å²) in [5.41, 5.74) is 5.40. The van der Waals surface area contributed by atoms with Crippen molar-refractivity contribution >= 4 is 11.9 Å². The Morgan fingerprint density at radius 1 is 1.41 bits per heavy atom. The molecule has 17 heavy (non-hydrogen) atoms. The maximum atomic E-state index is 11.6. The average Bonchev–Trinajstić information content (AvgIpc) is 2.74. The standard InChI is InChI=1S/C10H19N5O2/c1-4-15(7-9(16)14(2)3)10-13-12-8(17-10)5-6-11/h4-7,11H2,1-3H3. The first-order valence-electron chi connectivity index (χ1n) is 5.56. The lowest BCUT2D eigenvalue weighted by atomic mass is 10.4. The monoisotopic (exact) mass is 241 g/mol. The minimum atomic E-state index is -0.00887. The van der Waals surface area contributed by atoms with Crippen molar-refractivity contribution in [1.82, 2.24) is 15.1 Å². The molecule has 2 N–H and O–H groups in total. The van der Waals surface area contributed by atoms with Crippen LogP contribution in [0.15, 0.2) is 4.42 Å². The Labute approximate surface area is 101 Å². The van der Waals surface area contributed by atoms with E-state index in [0.717, 1.165) is 0 Å². The summed E-state index contributed by atoms with van der Waals surface area (Å²) in [7, 11) is 3.42. The molecule has 1 aromatic rings. The third-order valence-electron chi connectivity index (χ3n) is 2.29. The van der Waals surface area contributed by atoms with Gasteiger partial charge in [-0.05, 0) is 6.92 Å². The number of nitrogens with two attached hydrogens (primary N) is 1. The molecule has 0 bridgehead atoms. The summed E-state index contributed by atoms with van der Waals surface area (Å²) >= 11 is 0. The molecule has 96 valence electrons. The van der Waals surface area contributed by atoms with Crippen molar-refractivity contribution in [2.24, 2.45) is 5.73 Å². The lowest BCUT2D eigenvalue weighted by molar-refractivity contribution is -0.127. The number of carbonyl (C=O) groups excluding carboxylic acids is 1. The van der Waals surface area contributed by atoms with Crippen LogP contribution in [0, 0.1) is 0 Å². The fourth-order valence-corrected chi connectivity index (χ4v) is 1.22. The summed E-state index contributed by atoms with van der Waals surface area (Å²) in [5.74, 6) is 0.490. The predicted molar refractivity (Wildman–Crippen MR) is 63.6 cm³/mol. The zero-order valence-corrected chi connectivity index (χ0v) is 10.5. The maximum Gasteiger partial charge on any atom is 0.318 e. The zero-order valence-electron chi connectivity index (χ0n) is 10.5. The first kappa shape index (κ1) is 13.4. The number of amides is 1. The van der Waals surface area contributed by atoms with Crippen LogP contribution < -0.4 is 10.6 Å². The van der Waals surface area contributed by atoms with Gasteiger partial charge < -0.3 is 20.0 Å². The van der Waals surface area contributed by atoms with E-state index in [-0.39, 0.29) is 12.5 Å². The third-order valence-corrected chi connectivity index (χ3v) is 2.29. The zero-order chi connectivity index (χ0) is 12.8. The van der Waals surface area contributed by atoms with Crippen molar-refractivity contribution < 1.29 is 9.21 Å². The van der Waals surface area contributed by atoms with Crippen molar-refractivity contribution in [3.05, 3.63) is 5.89 Å². The van der Waals surface area contributed by atoms with E-state index >= 15 is 0 Å². The molecular formula is C10H19N5O2. The van der Waals surface area contributed by atoms with Crippen LogP contribution in [0.5, 0.6) is 0 Å². The van der Waals surface area contributed by atoms with Gasteiger partial charge in [-0.15, -0.1) is 5.10 Å². The molecule has 0 aromatic carbocycles. The highest BCUT2D eigenvalue weighted by Crippen LogP contribution is 2.12. The minimum Gasteiger partial charge on any atom is -0.408 e. The Morgan fingerprint density at radius 2 is 2.12 bits per heavy atom. The van der Waals surface area contributed by atoms with Crippen molar-refractivity contribution in [2.75, 3.05) is 38.6 Å². The number of carbonyl (C=O) groups is 1. The topological polar surface area (TPSA) is 88.5 Å². The van der Waals surface area contributed by atoms with E-state index in [1.165, 1.54) is 4.90 Å². The average molecular weight is 241 g/mol. The second-order valence-corrected chi connectivity index (χ2v) is 3.82. The maximum absolute atomic E-state index is 11.6. The highest BCUT2D eigenvalue weighted by molar-refractivity contribution is 5.80. The largest absolute Gasteiger partial charge is 0.408 e. The lowest BCUT2D eigenvalue weighted by Gasteiger charge is -2.19. The minimum absolute atomic E-state index is 0.00887. The molecule has 0 aliphatic rings. The highest BCUT2D eigenvalue weighted by Gasteiger charge is 2.16. The van der Waals surface area contributed by atoms with Crippen LogP contribution in [0.2, 0.25) is 0 Å². The van der Waals surface area contributed by atoms with Gasteiger partial charge in [0.2, 0.25) is 11.8 Å². The first-order chi connectivity index (χ1) is 8.08. The van der Waals surface area contributed by atoms with Gasteiger partial charge in [0.1, 0.15) is 6.54 Å². The van der Waals surface area contributed by atoms with Gasteiger partial charge in [0.25, 0.3) is 0 Å². The van der Waals surface area contributed by atoms with E-state index < -0.39 is 0 Å². The molecule has 0 aliphatic carbocycles. The van der Waals surface area contributed by atoms with Crippen LogP contribution >= 0.6 is 0 Å². The van der Waals surface area contributed by atoms with Crippen LogP contribution in [0.3, 0.4) is 0 Å². The summed E-state index contributed by atoms with van der Waals surface area (Å²) in [4.78, 5) is 14.9. The van der Waals surface area contributed by atoms with E-state index in [1.807, 2.05) is 6.92 Å². The van der Waals surface area contributed by atoms with Crippen LogP contribution in [-0.2, 0) is 11.2 Å². The number of likely N-dealkylation sites (N-methyl/N-ethyl adjacent to an activating group) is 2. The van der Waals surface area contributed by atoms with Crippen LogP contribution in [0.1, 0.15) is 12.8 Å². The number of rotatable bonds is 6. The molecule has 1 heterocycles. The van der Waals surface area contributed by atoms with Gasteiger partial charge in [-0.3, -0.25) is 4.79 Å². The summed E-state index contributed by atoms with van der Waals surface area (Å²) in [5, 5.41) is 7.77. The Kier molecular flexibility index (Phi) is 4.89. The van der Waals surface area contributed by atoms with Gasteiger partial charge in [0, 0.05) is 33.6 Å². The SMILES string of the molecule is CCN(CC(=O)N(C)C)c1nnc(CCN)o1. The quantitative estimate of drug-likeness (QED) is 0.721. The van der Waals surface area contributed by atoms with Crippen LogP contribution in [-0.4, -0.2) is 54.7 Å². The predicted octanol–water partition coefficient (Wildman–Crippen LogP) is -0.515. The summed E-state index contributed by atoms with van der Waals surface area (Å²) in [6.45, 7) is 3.25. The van der Waals surface area contributed by atoms with Crippen molar-refractivity contribution in [1.29, 1.82) is 0 Å². The van der Waals surface area contributed by atoms with Gasteiger partial charge in [0.05, 0.1) is 0 Å². The molecule has 0 spiro atoms. The molecule has 1 aromatic heterocycles. The lowest BCUT2D eigenvalue weighted by Crippen LogP contribution is -2.36. The van der Waals surface area contributed by atoms with Gasteiger partial charge in [0.15, 0.2) is 0 Å². The molecule has 0 radical (unpaired) electrons. The normalized spacial score (nSPS) is 10.4. The Morgan fingerprint density at radius 3 is 2.65 bits per heavy atom. The van der Waals surface area contributed by atoms with E-state index in [9.17, 15) is 4.79 Å². The Hall–Kier alpha value is -1.63. The Bertz CT molecular complexity index is 363. The number of hydrogen-bond acceptors (Lipinski definition) is 6. The van der Waals surface area contributed by atoms with E-state index in [4.69, 9.17) is 10.2 Å². The summed E-state index contributed by atoms with van der Waals surface area (Å²) in [6.07, 6.45) is 0.548. The second kappa shape index (κ2) is 6.19. The number of nitrogens with zero attached hydrogens (tertiary/aromatic N) is 4. The van der Waals surface area contributed by atoms with Gasteiger partial charge >= 0.3 is 6.01 Å². The second-order valence-electron chi connectivity index (χ2n) is 3.82. The van der Waals surface area contributed by atoms with E-state index in [1.54, 1.807) is 19.0 Å². The molecule has 1 amide bonds. The molecule has 0 saturated heterocycles. The fourth-order valence-electron chi connectivity index (χ4n) is 1.22. The number of hydrogen-bond donors (Lipinski definition) is 1. The molecule has 7 nitrogen and oxygen atoms in total. The smallest absolute Gasteiger partial charge is 0.318 e. The van der Waals surface area contributed by atoms with E-state index in [0.29, 0.717) is 31.4 Å². The van der Waals surface area contributed by atoms with E-state index in [2.05, 4.69) is 10.2 Å². The molecule has 0 atom stereocenters. The summed E-state index contributed by atoms with van der Waals surface area (Å²) in [6, 6.07) is 0.367. The molecular weight excluding hydrogens is 222 g/mol. The number of aromatic nitrogens is 2. The number of anilines is 1. The molecule has 0 aliphatic heterocycles. The van der Waals surface area contributed by atoms with Crippen molar-refractivity contribution in [3.63, 3.8) is 0 Å². The van der Waals surface area contributed by atoms with Gasteiger partial charge in [-0.2, -0.15) is 0 Å². The highest BCUT2D eigenvalue weighted by atomic mass is 16.4. The van der Waals surface area contributed by atoms with Crippen molar-refractivity contribution in [3.8, 4) is 0 Å². The fraction of sp³-hybridized carbons (Fsp3) is 0.700.